The summed E-state index contributed by atoms with van der Waals surface area (Å²) in [6.07, 6.45) is 14.1. The molecule has 0 aromatic carbocycles. The average molecular weight is 362 g/mol. The number of nitriles is 2. The minimum atomic E-state index is 0. The van der Waals surface area contributed by atoms with Crippen LogP contribution in [0.4, 0.5) is 0 Å². The van der Waals surface area contributed by atoms with Crippen molar-refractivity contribution in [3.63, 3.8) is 0 Å². The molecule has 0 aromatic rings. The van der Waals surface area contributed by atoms with Crippen molar-refractivity contribution >= 4 is 0 Å². The zero-order valence-corrected chi connectivity index (χ0v) is 17.4. The molecule has 2 saturated carbocycles. The molecule has 0 aliphatic heterocycles. The minimum Gasteiger partial charge on any atom is -0.358 e. The van der Waals surface area contributed by atoms with E-state index in [-0.39, 0.29) is 67.2 Å². The van der Waals surface area contributed by atoms with Gasteiger partial charge in [0.25, 0.3) is 0 Å². The van der Waals surface area contributed by atoms with Gasteiger partial charge in [0.15, 0.2) is 0 Å². The molecule has 0 heterocycles. The molecule has 23 heavy (non-hydrogen) atoms. The molecule has 2 fully saturated rings. The molecule has 2 rings (SSSR count). The fourth-order valence-electron chi connectivity index (χ4n) is 2.34. The standard InChI is InChI=1S/C9H10N2.C5H10.6CH3.Fe/c10-6-9(7-11)5-8-3-1-2-4-8;1-2-4-5-3-1;;;;;;;/h5,8H,1-4H2;1-5H2;6*1H3;/q;;6*-1;+6. The van der Waals surface area contributed by atoms with E-state index >= 15 is 0 Å². The molecule has 136 valence electrons. The van der Waals surface area contributed by atoms with Gasteiger partial charge < -0.3 is 44.6 Å². The van der Waals surface area contributed by atoms with Crippen LogP contribution in [0.25, 0.3) is 0 Å². The maximum Gasteiger partial charge on any atom is 6.00 e. The second kappa shape index (κ2) is 29.3. The van der Waals surface area contributed by atoms with Gasteiger partial charge in [-0.15, -0.1) is 0 Å². The number of nitrogens with zero attached hydrogens (tertiary/aromatic N) is 2. The predicted octanol–water partition coefficient (Wildman–Crippen LogP) is 6.80. The first-order valence-corrected chi connectivity index (χ1v) is 6.39. The fraction of sp³-hybridized carbons (Fsp3) is 0.500. The number of allylic oxidation sites excluding steroid dienone is 2. The van der Waals surface area contributed by atoms with E-state index in [0.717, 1.165) is 12.8 Å². The van der Waals surface area contributed by atoms with E-state index in [4.69, 9.17) is 10.5 Å². The van der Waals surface area contributed by atoms with Crippen LogP contribution in [-0.4, -0.2) is 0 Å². The van der Waals surface area contributed by atoms with Gasteiger partial charge in [-0.05, 0) is 18.8 Å². The molecule has 0 unspecified atom stereocenters. The van der Waals surface area contributed by atoms with Gasteiger partial charge >= 0.3 is 17.1 Å². The molecular weight excluding hydrogens is 324 g/mol. The Morgan fingerprint density at radius 2 is 0.957 bits per heavy atom. The second-order valence-corrected chi connectivity index (χ2v) is 4.62. The van der Waals surface area contributed by atoms with Crippen LogP contribution in [0.1, 0.15) is 57.8 Å². The van der Waals surface area contributed by atoms with Gasteiger partial charge in [-0.25, -0.2) is 0 Å². The van der Waals surface area contributed by atoms with Crippen molar-refractivity contribution in [2.75, 3.05) is 0 Å². The Kier molecular flexibility index (Phi) is 55.0. The summed E-state index contributed by atoms with van der Waals surface area (Å²) in [5.74, 6) is 0.490. The first-order chi connectivity index (χ1) is 7.86. The summed E-state index contributed by atoms with van der Waals surface area (Å²) < 4.78 is 0. The smallest absolute Gasteiger partial charge is 0.358 e. The van der Waals surface area contributed by atoms with Crippen LogP contribution >= 0.6 is 0 Å². The molecule has 0 spiro atoms. The predicted molar refractivity (Wildman–Crippen MR) is 103 cm³/mol. The molecular formula is C20H38FeN2. The van der Waals surface area contributed by atoms with Gasteiger partial charge in [0.2, 0.25) is 0 Å². The van der Waals surface area contributed by atoms with E-state index < -0.39 is 0 Å². The average Bonchev–Trinajstić information content (AvgIpc) is 3.01. The van der Waals surface area contributed by atoms with Crippen LogP contribution in [0.3, 0.4) is 0 Å². The van der Waals surface area contributed by atoms with Crippen molar-refractivity contribution in [1.82, 2.24) is 0 Å². The fourth-order valence-corrected chi connectivity index (χ4v) is 2.34. The van der Waals surface area contributed by atoms with Gasteiger partial charge in [-0.1, -0.05) is 51.0 Å². The van der Waals surface area contributed by atoms with E-state index in [1.165, 1.54) is 44.9 Å². The van der Waals surface area contributed by atoms with Crippen molar-refractivity contribution in [2.24, 2.45) is 5.92 Å². The van der Waals surface area contributed by atoms with Crippen LogP contribution in [0.2, 0.25) is 0 Å². The Hall–Kier alpha value is -0.761. The van der Waals surface area contributed by atoms with Crippen LogP contribution in [0, 0.1) is 73.1 Å². The second-order valence-electron chi connectivity index (χ2n) is 4.62. The van der Waals surface area contributed by atoms with E-state index in [2.05, 4.69) is 0 Å². The Morgan fingerprint density at radius 3 is 1.22 bits per heavy atom. The summed E-state index contributed by atoms with van der Waals surface area (Å²) in [5.41, 5.74) is 0.275. The van der Waals surface area contributed by atoms with Crippen molar-refractivity contribution < 1.29 is 17.1 Å². The first-order valence-electron chi connectivity index (χ1n) is 6.39. The summed E-state index contributed by atoms with van der Waals surface area (Å²) in [5, 5.41) is 16.9. The Bertz CT molecular complexity index is 277. The summed E-state index contributed by atoms with van der Waals surface area (Å²) in [4.78, 5) is 0. The van der Waals surface area contributed by atoms with Crippen LogP contribution in [0.15, 0.2) is 11.6 Å². The molecule has 2 nitrogen and oxygen atoms in total. The molecule has 0 aromatic heterocycles. The normalized spacial score (nSPS) is 13.3. The third kappa shape index (κ3) is 21.2. The summed E-state index contributed by atoms with van der Waals surface area (Å²) in [7, 11) is 0. The summed E-state index contributed by atoms with van der Waals surface area (Å²) >= 11 is 0. The van der Waals surface area contributed by atoms with Crippen LogP contribution < -0.4 is 0 Å². The molecule has 3 heteroatoms. The summed E-state index contributed by atoms with van der Waals surface area (Å²) in [6.45, 7) is 0. The van der Waals surface area contributed by atoms with Gasteiger partial charge in [-0.3, -0.25) is 0 Å². The van der Waals surface area contributed by atoms with Crippen LogP contribution in [0.5, 0.6) is 0 Å². The maximum atomic E-state index is 8.45. The Labute approximate surface area is 159 Å². The van der Waals surface area contributed by atoms with E-state index in [9.17, 15) is 0 Å². The molecule has 0 saturated heterocycles. The largest absolute Gasteiger partial charge is 6.00 e. The zero-order chi connectivity index (χ0) is 11.6. The molecule has 0 N–H and O–H groups in total. The Balaban J connectivity index is -0.0000000382. The van der Waals surface area contributed by atoms with E-state index in [0.29, 0.717) is 5.92 Å². The quantitative estimate of drug-likeness (QED) is 0.292. The van der Waals surface area contributed by atoms with Crippen molar-refractivity contribution in [3.05, 3.63) is 56.2 Å². The third-order valence-electron chi connectivity index (χ3n) is 3.29. The molecule has 0 amide bonds. The van der Waals surface area contributed by atoms with Gasteiger partial charge in [0.05, 0.1) is 0 Å². The number of rotatable bonds is 1. The maximum absolute atomic E-state index is 8.45. The van der Waals surface area contributed by atoms with Crippen molar-refractivity contribution in [2.45, 2.75) is 57.8 Å². The summed E-state index contributed by atoms with van der Waals surface area (Å²) in [6, 6.07) is 3.76. The molecule has 0 bridgehead atoms. The Morgan fingerprint density at radius 1 is 0.652 bits per heavy atom. The topological polar surface area (TPSA) is 47.6 Å². The number of hydrogen-bond acceptors (Lipinski definition) is 2. The van der Waals surface area contributed by atoms with E-state index in [1.807, 2.05) is 18.2 Å². The van der Waals surface area contributed by atoms with Gasteiger partial charge in [0, 0.05) is 0 Å². The van der Waals surface area contributed by atoms with Crippen LogP contribution in [-0.2, 0) is 17.1 Å². The monoisotopic (exact) mass is 362 g/mol. The zero-order valence-electron chi connectivity index (χ0n) is 16.3. The van der Waals surface area contributed by atoms with Crippen molar-refractivity contribution in [3.8, 4) is 12.1 Å². The van der Waals surface area contributed by atoms with Crippen molar-refractivity contribution in [1.29, 1.82) is 10.5 Å². The molecule has 0 atom stereocenters. The SMILES string of the molecule is C1CCCC1.N#CC(C#N)=CC1CCCC1.[CH3-].[CH3-].[CH3-].[CH3-].[CH3-].[CH3-].[Fe+6]. The van der Waals surface area contributed by atoms with Gasteiger partial charge in [0.1, 0.15) is 17.7 Å². The third-order valence-corrected chi connectivity index (χ3v) is 3.29. The first kappa shape index (κ1) is 43.2. The number of hydrogen-bond donors (Lipinski definition) is 0. The van der Waals surface area contributed by atoms with E-state index in [1.54, 1.807) is 0 Å². The minimum absolute atomic E-state index is 0. The molecule has 2 aliphatic carbocycles. The molecule has 2 aliphatic rings. The molecule has 0 radical (unpaired) electrons. The van der Waals surface area contributed by atoms with Gasteiger partial charge in [-0.2, -0.15) is 10.5 Å².